The third-order valence-electron chi connectivity index (χ3n) is 4.87. The Balaban J connectivity index is 3.43. The molecule has 0 rings (SSSR count). The molecule has 0 spiro atoms. The molecule has 0 heterocycles. The van der Waals surface area contributed by atoms with Crippen molar-refractivity contribution in [3.8, 4) is 0 Å². The van der Waals surface area contributed by atoms with E-state index in [-0.39, 0.29) is 6.10 Å². The van der Waals surface area contributed by atoms with Crippen molar-refractivity contribution in [1.82, 2.24) is 0 Å². The molecule has 0 atom stereocenters. The van der Waals surface area contributed by atoms with Crippen LogP contribution in [0.2, 0.25) is 6.04 Å². The van der Waals surface area contributed by atoms with E-state index in [4.69, 9.17) is 13.3 Å². The van der Waals surface area contributed by atoms with Crippen molar-refractivity contribution in [2.75, 3.05) is 14.2 Å². The molecule has 0 amide bonds. The summed E-state index contributed by atoms with van der Waals surface area (Å²) < 4.78 is 17.2. The van der Waals surface area contributed by atoms with Crippen LogP contribution < -0.4 is 0 Å². The first-order valence-electron chi connectivity index (χ1n) is 10.9. The molecule has 0 aliphatic heterocycles. The molecule has 152 valence electrons. The van der Waals surface area contributed by atoms with Crippen molar-refractivity contribution in [3.63, 3.8) is 0 Å². The highest BCUT2D eigenvalue weighted by molar-refractivity contribution is 6.60. The van der Waals surface area contributed by atoms with Crippen LogP contribution in [0.5, 0.6) is 0 Å². The summed E-state index contributed by atoms with van der Waals surface area (Å²) in [5.74, 6) is 0. The van der Waals surface area contributed by atoms with Crippen molar-refractivity contribution in [3.05, 3.63) is 0 Å². The maximum absolute atomic E-state index is 5.94. The third kappa shape index (κ3) is 14.9. The van der Waals surface area contributed by atoms with Crippen LogP contribution in [0.1, 0.15) is 111 Å². The molecule has 0 aromatic heterocycles. The summed E-state index contributed by atoms with van der Waals surface area (Å²) in [5.41, 5.74) is 0. The molecule has 0 fully saturated rings. The number of hydrogen-bond donors (Lipinski definition) is 0. The monoisotopic (exact) mass is 374 g/mol. The van der Waals surface area contributed by atoms with E-state index in [9.17, 15) is 0 Å². The van der Waals surface area contributed by atoms with E-state index in [2.05, 4.69) is 6.92 Å². The molecule has 25 heavy (non-hydrogen) atoms. The topological polar surface area (TPSA) is 27.7 Å². The van der Waals surface area contributed by atoms with Gasteiger partial charge in [-0.05, 0) is 20.3 Å². The number of hydrogen-bond acceptors (Lipinski definition) is 3. The third-order valence-corrected chi connectivity index (χ3v) is 7.91. The Hall–Kier alpha value is 0.0969. The Labute approximate surface area is 159 Å². The van der Waals surface area contributed by atoms with Gasteiger partial charge in [0.2, 0.25) is 0 Å². The minimum absolute atomic E-state index is 0.165. The van der Waals surface area contributed by atoms with Gasteiger partial charge in [-0.1, -0.05) is 90.4 Å². The Kier molecular flexibility index (Phi) is 17.6. The van der Waals surface area contributed by atoms with E-state index in [1.165, 1.54) is 83.5 Å². The standard InChI is InChI=1S/C21H46O3Si/c1-6-7-8-9-10-11-12-13-14-15-16-17-18-19-20-25(22-4,23-5)24-21(2)3/h21H,6-20H2,1-5H3. The van der Waals surface area contributed by atoms with Gasteiger partial charge in [0.1, 0.15) is 0 Å². The van der Waals surface area contributed by atoms with Gasteiger partial charge in [-0.2, -0.15) is 0 Å². The molecule has 4 heteroatoms. The van der Waals surface area contributed by atoms with Gasteiger partial charge < -0.3 is 13.3 Å². The van der Waals surface area contributed by atoms with E-state index >= 15 is 0 Å². The van der Waals surface area contributed by atoms with Gasteiger partial charge in [0, 0.05) is 26.4 Å². The lowest BCUT2D eigenvalue weighted by Gasteiger charge is -2.28. The Bertz CT molecular complexity index is 268. The summed E-state index contributed by atoms with van der Waals surface area (Å²) >= 11 is 0. The van der Waals surface area contributed by atoms with Crippen LogP contribution in [-0.2, 0) is 13.3 Å². The number of unbranched alkanes of at least 4 members (excludes halogenated alkanes) is 13. The fraction of sp³-hybridized carbons (Fsp3) is 1.00. The lowest BCUT2D eigenvalue weighted by molar-refractivity contribution is 0.0693. The van der Waals surface area contributed by atoms with Crippen LogP contribution in [0.15, 0.2) is 0 Å². The van der Waals surface area contributed by atoms with E-state index in [0.29, 0.717) is 0 Å². The summed E-state index contributed by atoms with van der Waals surface area (Å²) in [6.45, 7) is 6.38. The normalized spacial score (nSPS) is 12.2. The summed E-state index contributed by atoms with van der Waals surface area (Å²) in [5, 5.41) is 0. The zero-order valence-electron chi connectivity index (χ0n) is 17.9. The van der Waals surface area contributed by atoms with E-state index in [1.807, 2.05) is 13.8 Å². The van der Waals surface area contributed by atoms with Crippen molar-refractivity contribution < 1.29 is 13.3 Å². The molecule has 0 radical (unpaired) electrons. The quantitative estimate of drug-likeness (QED) is 0.178. The SMILES string of the molecule is CCCCCCCCCCCCCCCC[Si](OC)(OC)OC(C)C. The largest absolute Gasteiger partial charge is 0.500 e. The van der Waals surface area contributed by atoms with Crippen LogP contribution in [-0.4, -0.2) is 29.1 Å². The average molecular weight is 375 g/mol. The Morgan fingerprint density at radius 3 is 1.28 bits per heavy atom. The summed E-state index contributed by atoms with van der Waals surface area (Å²) in [6, 6.07) is 0.941. The molecule has 0 unspecified atom stereocenters. The lowest BCUT2D eigenvalue weighted by Crippen LogP contribution is -2.45. The minimum Gasteiger partial charge on any atom is -0.377 e. The molecule has 0 N–H and O–H groups in total. The molecular formula is C21H46O3Si. The molecule has 0 saturated carbocycles. The molecule has 0 saturated heterocycles. The molecule has 0 aromatic rings. The van der Waals surface area contributed by atoms with Crippen LogP contribution in [0, 0.1) is 0 Å². The molecule has 0 aliphatic carbocycles. The summed E-state index contributed by atoms with van der Waals surface area (Å²) in [6.07, 6.45) is 19.5. The van der Waals surface area contributed by atoms with Crippen molar-refractivity contribution >= 4 is 8.80 Å². The first kappa shape index (κ1) is 25.1. The maximum Gasteiger partial charge on any atom is 0.500 e. The van der Waals surface area contributed by atoms with E-state index < -0.39 is 8.80 Å². The zero-order valence-corrected chi connectivity index (χ0v) is 18.9. The average Bonchev–Trinajstić information content (AvgIpc) is 2.60. The highest BCUT2D eigenvalue weighted by Gasteiger charge is 2.39. The summed E-state index contributed by atoms with van der Waals surface area (Å²) in [4.78, 5) is 0. The van der Waals surface area contributed by atoms with Crippen molar-refractivity contribution in [2.45, 2.75) is 123 Å². The van der Waals surface area contributed by atoms with Gasteiger partial charge in [-0.3, -0.25) is 0 Å². The van der Waals surface area contributed by atoms with Gasteiger partial charge in [0.05, 0.1) is 0 Å². The number of rotatable bonds is 19. The second-order valence-electron chi connectivity index (χ2n) is 7.60. The second kappa shape index (κ2) is 17.5. The molecule has 3 nitrogen and oxygen atoms in total. The highest BCUT2D eigenvalue weighted by atomic mass is 28.4. The predicted molar refractivity (Wildman–Crippen MR) is 111 cm³/mol. The molecule has 0 bridgehead atoms. The van der Waals surface area contributed by atoms with Crippen molar-refractivity contribution in [2.24, 2.45) is 0 Å². The van der Waals surface area contributed by atoms with Gasteiger partial charge in [-0.25, -0.2) is 0 Å². The van der Waals surface area contributed by atoms with Gasteiger partial charge >= 0.3 is 8.80 Å². The fourth-order valence-electron chi connectivity index (χ4n) is 3.34. The Morgan fingerprint density at radius 2 is 0.960 bits per heavy atom. The van der Waals surface area contributed by atoms with Gasteiger partial charge in [0.15, 0.2) is 0 Å². The van der Waals surface area contributed by atoms with Crippen molar-refractivity contribution in [1.29, 1.82) is 0 Å². The van der Waals surface area contributed by atoms with Crippen LogP contribution >= 0.6 is 0 Å². The van der Waals surface area contributed by atoms with Crippen LogP contribution in [0.3, 0.4) is 0 Å². The first-order valence-corrected chi connectivity index (χ1v) is 12.8. The second-order valence-corrected chi connectivity index (χ2v) is 10.5. The molecular weight excluding hydrogens is 328 g/mol. The minimum atomic E-state index is -2.41. The maximum atomic E-state index is 5.94. The fourth-order valence-corrected chi connectivity index (χ4v) is 5.62. The molecule has 0 aliphatic rings. The van der Waals surface area contributed by atoms with Crippen LogP contribution in [0.4, 0.5) is 0 Å². The molecule has 0 aromatic carbocycles. The highest BCUT2D eigenvalue weighted by Crippen LogP contribution is 2.21. The first-order chi connectivity index (χ1) is 12.1. The smallest absolute Gasteiger partial charge is 0.377 e. The van der Waals surface area contributed by atoms with Crippen LogP contribution in [0.25, 0.3) is 0 Å². The lowest BCUT2D eigenvalue weighted by atomic mass is 10.0. The predicted octanol–water partition coefficient (Wildman–Crippen LogP) is 7.12. The summed E-state index contributed by atoms with van der Waals surface area (Å²) in [7, 11) is 1.04. The van der Waals surface area contributed by atoms with Gasteiger partial charge in [-0.15, -0.1) is 0 Å². The Morgan fingerprint density at radius 1 is 0.600 bits per heavy atom. The zero-order chi connectivity index (χ0) is 18.8. The van der Waals surface area contributed by atoms with E-state index in [1.54, 1.807) is 14.2 Å². The van der Waals surface area contributed by atoms with Gasteiger partial charge in [0.25, 0.3) is 0 Å². The van der Waals surface area contributed by atoms with E-state index in [0.717, 1.165) is 12.5 Å².